The average Bonchev–Trinajstić information content (AvgIpc) is 3.54. The van der Waals surface area contributed by atoms with Crippen molar-refractivity contribution in [1.82, 2.24) is 25.3 Å². The van der Waals surface area contributed by atoms with E-state index in [4.69, 9.17) is 9.72 Å². The van der Waals surface area contributed by atoms with Crippen LogP contribution in [-0.4, -0.2) is 64.4 Å². The van der Waals surface area contributed by atoms with Crippen molar-refractivity contribution < 1.29 is 17.9 Å². The van der Waals surface area contributed by atoms with Crippen LogP contribution in [0.15, 0.2) is 24.5 Å². The summed E-state index contributed by atoms with van der Waals surface area (Å²) >= 11 is 0. The normalized spacial score (nSPS) is 25.2. The zero-order valence-electron chi connectivity index (χ0n) is 17.8. The Bertz CT molecular complexity index is 1170. The minimum absolute atomic E-state index is 0.0790. The van der Waals surface area contributed by atoms with Crippen molar-refractivity contribution in [3.63, 3.8) is 0 Å². The highest BCUT2D eigenvalue weighted by atomic mass is 19.4. The molecule has 3 aromatic heterocycles. The van der Waals surface area contributed by atoms with E-state index >= 15 is 0 Å². The molecule has 0 unspecified atom stereocenters. The summed E-state index contributed by atoms with van der Waals surface area (Å²) in [6.45, 7) is 3.13. The van der Waals surface area contributed by atoms with E-state index in [-0.39, 0.29) is 23.8 Å². The third-order valence-corrected chi connectivity index (χ3v) is 6.70. The number of halogens is 3. The molecule has 8 nitrogen and oxygen atoms in total. The van der Waals surface area contributed by atoms with Crippen molar-refractivity contribution in [2.24, 2.45) is 0 Å². The number of aromatic nitrogens is 4. The maximum atomic E-state index is 13.8. The van der Waals surface area contributed by atoms with Crippen LogP contribution in [0.4, 0.5) is 24.9 Å². The summed E-state index contributed by atoms with van der Waals surface area (Å²) in [4.78, 5) is 18.2. The van der Waals surface area contributed by atoms with Crippen molar-refractivity contribution in [3.8, 4) is 11.3 Å². The summed E-state index contributed by atoms with van der Waals surface area (Å²) in [5.74, 6) is 0.997. The SMILES string of the molecule is FC(F)(F)c1cnc(N[C@H]2CCCNC2)nc1-c1c[nH]c2nc(N3C[C@H]4C[C@@H]3CO4)ccc12. The summed E-state index contributed by atoms with van der Waals surface area (Å²) in [5.41, 5.74) is -0.134. The molecule has 11 heteroatoms. The molecule has 3 aliphatic heterocycles. The van der Waals surface area contributed by atoms with Gasteiger partial charge in [0.25, 0.3) is 0 Å². The van der Waals surface area contributed by atoms with Gasteiger partial charge in [0.1, 0.15) is 17.0 Å². The number of fused-ring (bicyclic) bond motifs is 3. The predicted octanol–water partition coefficient (Wildman–Crippen LogP) is 3.18. The Morgan fingerprint density at radius 2 is 2.12 bits per heavy atom. The Morgan fingerprint density at radius 3 is 2.85 bits per heavy atom. The smallest absolute Gasteiger partial charge is 0.374 e. The molecular formula is C22H24F3N7O. The van der Waals surface area contributed by atoms with Gasteiger partial charge < -0.3 is 25.3 Å². The van der Waals surface area contributed by atoms with Crippen molar-refractivity contribution in [2.45, 2.75) is 43.6 Å². The van der Waals surface area contributed by atoms with Gasteiger partial charge in [0.15, 0.2) is 0 Å². The van der Waals surface area contributed by atoms with E-state index < -0.39 is 11.7 Å². The van der Waals surface area contributed by atoms with Gasteiger partial charge in [-0.2, -0.15) is 13.2 Å². The molecule has 6 heterocycles. The standard InChI is InChI=1S/C22H24F3N7O/c23-22(24,25)17-9-28-21(29-12-2-1-5-26-7-12)31-19(17)16-8-27-20-15(16)3-4-18(30-20)32-10-14-6-13(32)11-33-14/h3-4,8-9,12-14,26H,1-2,5-7,10-11H2,(H,27,30)(H,28,29,31)/t12-,13+,14+/m0/s1. The Morgan fingerprint density at radius 1 is 1.21 bits per heavy atom. The number of H-pyrrole nitrogens is 1. The summed E-state index contributed by atoms with van der Waals surface area (Å²) in [6.07, 6.45) is 0.950. The number of alkyl halides is 3. The topological polar surface area (TPSA) is 91.0 Å². The molecule has 0 radical (unpaired) electrons. The Balaban J connectivity index is 1.37. The van der Waals surface area contributed by atoms with E-state index in [0.717, 1.165) is 50.9 Å². The molecule has 174 valence electrons. The van der Waals surface area contributed by atoms with Gasteiger partial charge in [-0.15, -0.1) is 0 Å². The minimum atomic E-state index is -4.58. The third-order valence-electron chi connectivity index (χ3n) is 6.70. The Labute approximate surface area is 188 Å². The number of anilines is 2. The first-order chi connectivity index (χ1) is 16.0. The largest absolute Gasteiger partial charge is 0.419 e. The van der Waals surface area contributed by atoms with Crippen LogP contribution in [0.3, 0.4) is 0 Å². The fourth-order valence-electron chi connectivity index (χ4n) is 5.05. The number of nitrogens with zero attached hydrogens (tertiary/aromatic N) is 4. The lowest BCUT2D eigenvalue weighted by molar-refractivity contribution is -0.137. The molecular weight excluding hydrogens is 435 g/mol. The fourth-order valence-corrected chi connectivity index (χ4v) is 5.05. The molecule has 3 N–H and O–H groups in total. The van der Waals surface area contributed by atoms with Gasteiger partial charge in [-0.05, 0) is 37.9 Å². The lowest BCUT2D eigenvalue weighted by Crippen LogP contribution is -2.38. The van der Waals surface area contributed by atoms with Crippen molar-refractivity contribution in [3.05, 3.63) is 30.1 Å². The highest BCUT2D eigenvalue weighted by molar-refractivity contribution is 5.94. The summed E-state index contributed by atoms with van der Waals surface area (Å²) in [5, 5.41) is 7.04. The third kappa shape index (κ3) is 3.78. The number of rotatable bonds is 4. The van der Waals surface area contributed by atoms with Crippen LogP contribution in [0.2, 0.25) is 0 Å². The Kier molecular flexibility index (Phi) is 4.91. The molecule has 3 aromatic rings. The van der Waals surface area contributed by atoms with E-state index in [2.05, 4.69) is 30.5 Å². The van der Waals surface area contributed by atoms with Crippen LogP contribution in [0.1, 0.15) is 24.8 Å². The van der Waals surface area contributed by atoms with Crippen LogP contribution in [0.5, 0.6) is 0 Å². The van der Waals surface area contributed by atoms with Gasteiger partial charge in [0.05, 0.1) is 24.4 Å². The number of aromatic amines is 1. The molecule has 2 bridgehead atoms. The molecule has 0 saturated carbocycles. The molecule has 3 saturated heterocycles. The van der Waals surface area contributed by atoms with Crippen LogP contribution in [0, 0.1) is 0 Å². The maximum absolute atomic E-state index is 13.8. The van der Waals surface area contributed by atoms with Gasteiger partial charge in [0.2, 0.25) is 5.95 Å². The first-order valence-corrected chi connectivity index (χ1v) is 11.2. The lowest BCUT2D eigenvalue weighted by atomic mass is 10.1. The summed E-state index contributed by atoms with van der Waals surface area (Å²) in [7, 11) is 0. The van der Waals surface area contributed by atoms with Crippen LogP contribution < -0.4 is 15.5 Å². The quantitative estimate of drug-likeness (QED) is 0.552. The van der Waals surface area contributed by atoms with E-state index in [9.17, 15) is 13.2 Å². The molecule has 3 atom stereocenters. The molecule has 0 spiro atoms. The van der Waals surface area contributed by atoms with Crippen LogP contribution in [-0.2, 0) is 10.9 Å². The van der Waals surface area contributed by atoms with Crippen molar-refractivity contribution in [1.29, 1.82) is 0 Å². The average molecular weight is 459 g/mol. The van der Waals surface area contributed by atoms with Crippen LogP contribution in [0.25, 0.3) is 22.3 Å². The minimum Gasteiger partial charge on any atom is -0.374 e. The molecule has 3 aliphatic rings. The number of hydrogen-bond acceptors (Lipinski definition) is 7. The second-order valence-corrected chi connectivity index (χ2v) is 8.91. The maximum Gasteiger partial charge on any atom is 0.419 e. The lowest BCUT2D eigenvalue weighted by Gasteiger charge is -2.27. The monoisotopic (exact) mass is 459 g/mol. The first-order valence-electron chi connectivity index (χ1n) is 11.2. The van der Waals surface area contributed by atoms with Crippen molar-refractivity contribution in [2.75, 3.05) is 36.5 Å². The van der Waals surface area contributed by atoms with E-state index in [0.29, 0.717) is 29.2 Å². The van der Waals surface area contributed by atoms with Gasteiger partial charge in [-0.3, -0.25) is 0 Å². The zero-order valence-corrected chi connectivity index (χ0v) is 17.8. The summed E-state index contributed by atoms with van der Waals surface area (Å²) < 4.78 is 47.1. The van der Waals surface area contributed by atoms with Gasteiger partial charge in [-0.25, -0.2) is 15.0 Å². The molecule has 33 heavy (non-hydrogen) atoms. The van der Waals surface area contributed by atoms with Gasteiger partial charge in [0, 0.05) is 42.5 Å². The number of ether oxygens (including phenoxy) is 1. The number of pyridine rings is 1. The number of nitrogens with one attached hydrogen (secondary N) is 3. The second-order valence-electron chi connectivity index (χ2n) is 8.91. The number of piperidine rings is 1. The molecule has 0 aliphatic carbocycles. The second kappa shape index (κ2) is 7.84. The van der Waals surface area contributed by atoms with E-state index in [1.165, 1.54) is 0 Å². The summed E-state index contributed by atoms with van der Waals surface area (Å²) in [6, 6.07) is 4.06. The molecule has 0 amide bonds. The van der Waals surface area contributed by atoms with Gasteiger partial charge >= 0.3 is 6.18 Å². The zero-order chi connectivity index (χ0) is 22.6. The highest BCUT2D eigenvalue weighted by Gasteiger charge is 2.40. The number of morpholine rings is 1. The molecule has 0 aromatic carbocycles. The predicted molar refractivity (Wildman–Crippen MR) is 117 cm³/mol. The Hall–Kier alpha value is -2.92. The highest BCUT2D eigenvalue weighted by Crippen LogP contribution is 2.39. The fraction of sp³-hybridized carbons (Fsp3) is 0.500. The molecule has 6 rings (SSSR count). The van der Waals surface area contributed by atoms with E-state index in [1.54, 1.807) is 6.20 Å². The first kappa shape index (κ1) is 20.7. The van der Waals surface area contributed by atoms with Crippen LogP contribution >= 0.6 is 0 Å². The van der Waals surface area contributed by atoms with Crippen molar-refractivity contribution >= 4 is 22.8 Å². The van der Waals surface area contributed by atoms with E-state index in [1.807, 2.05) is 12.1 Å². The number of hydrogen-bond donors (Lipinski definition) is 3. The molecule has 3 fully saturated rings. The van der Waals surface area contributed by atoms with Gasteiger partial charge in [-0.1, -0.05) is 0 Å².